The molecule has 0 unspecified atom stereocenters. The van der Waals surface area contributed by atoms with Gasteiger partial charge in [-0.1, -0.05) is 59.6 Å². The number of fused-ring (bicyclic) bond motifs is 1. The summed E-state index contributed by atoms with van der Waals surface area (Å²) in [7, 11) is 0. The van der Waals surface area contributed by atoms with Crippen molar-refractivity contribution < 1.29 is 19.1 Å². The molecular formula is C32H25Cl2N3O4. The summed E-state index contributed by atoms with van der Waals surface area (Å²) in [5, 5.41) is 6.10. The largest absolute Gasteiger partial charge is 0.490 e. The number of carbonyl (C=O) groups excluding carboxylic acids is 2. The van der Waals surface area contributed by atoms with Gasteiger partial charge >= 0.3 is 5.97 Å². The van der Waals surface area contributed by atoms with Crippen LogP contribution >= 0.6 is 23.2 Å². The molecule has 2 N–H and O–H groups in total. The number of benzene rings is 4. The number of hydrogen-bond donors (Lipinski definition) is 2. The van der Waals surface area contributed by atoms with Crippen LogP contribution in [0.1, 0.15) is 38.9 Å². The van der Waals surface area contributed by atoms with Gasteiger partial charge in [0.25, 0.3) is 5.91 Å². The zero-order chi connectivity index (χ0) is 28.9. The van der Waals surface area contributed by atoms with Crippen LogP contribution in [0, 0.1) is 6.92 Å². The van der Waals surface area contributed by atoms with Gasteiger partial charge in [-0.2, -0.15) is 5.10 Å². The average molecular weight is 586 g/mol. The predicted octanol–water partition coefficient (Wildman–Crippen LogP) is 7.83. The van der Waals surface area contributed by atoms with Crippen molar-refractivity contribution in [1.29, 1.82) is 0 Å². The molecule has 206 valence electrons. The Hall–Kier alpha value is -4.59. The maximum absolute atomic E-state index is 13.3. The van der Waals surface area contributed by atoms with Crippen LogP contribution in [-0.2, 0) is 0 Å². The van der Waals surface area contributed by atoms with Gasteiger partial charge in [-0.25, -0.2) is 10.2 Å². The van der Waals surface area contributed by atoms with E-state index in [9.17, 15) is 9.59 Å². The van der Waals surface area contributed by atoms with Gasteiger partial charge in [0.2, 0.25) is 0 Å². The first-order valence-corrected chi connectivity index (χ1v) is 13.6. The smallest absolute Gasteiger partial charge is 0.343 e. The van der Waals surface area contributed by atoms with E-state index in [2.05, 4.69) is 15.5 Å². The number of carbonyl (C=O) groups is 2. The number of aromatic nitrogens is 1. The van der Waals surface area contributed by atoms with E-state index in [0.29, 0.717) is 44.8 Å². The Labute approximate surface area is 246 Å². The molecule has 0 aliphatic carbocycles. The Morgan fingerprint density at radius 3 is 2.49 bits per heavy atom. The van der Waals surface area contributed by atoms with Gasteiger partial charge in [0, 0.05) is 32.1 Å². The number of para-hydroxylation sites is 1. The summed E-state index contributed by atoms with van der Waals surface area (Å²) in [6.07, 6.45) is 1.48. The molecule has 1 amide bonds. The Bertz CT molecular complexity index is 1780. The molecule has 0 saturated heterocycles. The molecule has 9 heteroatoms. The molecule has 0 bridgehead atoms. The third kappa shape index (κ3) is 6.11. The van der Waals surface area contributed by atoms with Crippen LogP contribution in [0.15, 0.2) is 90.0 Å². The molecule has 0 aliphatic rings. The first-order valence-electron chi connectivity index (χ1n) is 12.8. The van der Waals surface area contributed by atoms with Gasteiger partial charge in [-0.3, -0.25) is 4.79 Å². The van der Waals surface area contributed by atoms with Gasteiger partial charge in [-0.15, -0.1) is 0 Å². The number of H-pyrrole nitrogens is 1. The van der Waals surface area contributed by atoms with Gasteiger partial charge in [-0.05, 0) is 73.5 Å². The third-order valence-corrected chi connectivity index (χ3v) is 6.92. The Morgan fingerprint density at radius 1 is 0.951 bits per heavy atom. The standard InChI is InChI=1S/C32H25Cl2N3O4/c1-3-40-27-17-20(11-16-26(27)41-32(39)21-12-14-22(33)15-13-21)18-35-37-31(38)30-28(23-8-4-5-10-25(23)34)24-9-6-7-19(2)29(24)36-30/h4-18,36H,3H2,1-2H3,(H,37,38). The Morgan fingerprint density at radius 2 is 1.73 bits per heavy atom. The van der Waals surface area contributed by atoms with E-state index in [1.807, 2.05) is 50.2 Å². The van der Waals surface area contributed by atoms with E-state index in [1.54, 1.807) is 48.5 Å². The minimum atomic E-state index is -0.542. The molecule has 0 radical (unpaired) electrons. The zero-order valence-corrected chi connectivity index (χ0v) is 23.7. The lowest BCUT2D eigenvalue weighted by Crippen LogP contribution is -2.19. The van der Waals surface area contributed by atoms with Crippen molar-refractivity contribution in [3.8, 4) is 22.6 Å². The lowest BCUT2D eigenvalue weighted by atomic mass is 10.0. The van der Waals surface area contributed by atoms with Crippen molar-refractivity contribution in [3.05, 3.63) is 117 Å². The minimum Gasteiger partial charge on any atom is -0.490 e. The number of aryl methyl sites for hydroxylation is 1. The molecule has 0 atom stereocenters. The highest BCUT2D eigenvalue weighted by atomic mass is 35.5. The molecule has 1 aromatic heterocycles. The minimum absolute atomic E-state index is 0.255. The fourth-order valence-corrected chi connectivity index (χ4v) is 4.76. The van der Waals surface area contributed by atoms with E-state index < -0.39 is 11.9 Å². The van der Waals surface area contributed by atoms with Gasteiger partial charge in [0.1, 0.15) is 5.69 Å². The van der Waals surface area contributed by atoms with Crippen LogP contribution in [0.4, 0.5) is 0 Å². The number of hydrogen-bond acceptors (Lipinski definition) is 5. The topological polar surface area (TPSA) is 92.8 Å². The number of rotatable bonds is 8. The summed E-state index contributed by atoms with van der Waals surface area (Å²) in [5.41, 5.74) is 7.22. The molecule has 1 heterocycles. The van der Waals surface area contributed by atoms with Crippen molar-refractivity contribution >= 4 is 52.2 Å². The molecule has 41 heavy (non-hydrogen) atoms. The van der Waals surface area contributed by atoms with Crippen LogP contribution < -0.4 is 14.9 Å². The number of esters is 1. The van der Waals surface area contributed by atoms with E-state index in [0.717, 1.165) is 22.0 Å². The quantitative estimate of drug-likeness (QED) is 0.0839. The van der Waals surface area contributed by atoms with E-state index in [4.69, 9.17) is 32.7 Å². The van der Waals surface area contributed by atoms with Crippen molar-refractivity contribution in [1.82, 2.24) is 10.4 Å². The number of aromatic amines is 1. The molecule has 5 aromatic rings. The first kappa shape index (κ1) is 28.0. The summed E-state index contributed by atoms with van der Waals surface area (Å²) in [6.45, 7) is 4.15. The highest BCUT2D eigenvalue weighted by Gasteiger charge is 2.21. The monoisotopic (exact) mass is 585 g/mol. The van der Waals surface area contributed by atoms with Crippen molar-refractivity contribution in [2.45, 2.75) is 13.8 Å². The molecular weight excluding hydrogens is 561 g/mol. The number of nitrogens with one attached hydrogen (secondary N) is 2. The van der Waals surface area contributed by atoms with Gasteiger partial charge < -0.3 is 14.5 Å². The van der Waals surface area contributed by atoms with Crippen molar-refractivity contribution in [2.75, 3.05) is 6.61 Å². The molecule has 7 nitrogen and oxygen atoms in total. The van der Waals surface area contributed by atoms with E-state index in [1.165, 1.54) is 6.21 Å². The molecule has 4 aromatic carbocycles. The second-order valence-electron chi connectivity index (χ2n) is 9.09. The van der Waals surface area contributed by atoms with Gasteiger partial charge in [0.05, 0.1) is 18.4 Å². The number of hydrazone groups is 1. The third-order valence-electron chi connectivity index (χ3n) is 6.34. The molecule has 0 aliphatic heterocycles. The highest BCUT2D eigenvalue weighted by molar-refractivity contribution is 6.34. The number of nitrogens with zero attached hydrogens (tertiary/aromatic N) is 1. The highest BCUT2D eigenvalue weighted by Crippen LogP contribution is 2.37. The first-order chi connectivity index (χ1) is 19.9. The fourth-order valence-electron chi connectivity index (χ4n) is 4.40. The van der Waals surface area contributed by atoms with Crippen LogP contribution in [0.5, 0.6) is 11.5 Å². The lowest BCUT2D eigenvalue weighted by molar-refractivity contribution is 0.0728. The van der Waals surface area contributed by atoms with E-state index >= 15 is 0 Å². The van der Waals surface area contributed by atoms with Crippen molar-refractivity contribution in [2.24, 2.45) is 5.10 Å². The Balaban J connectivity index is 1.38. The summed E-state index contributed by atoms with van der Waals surface area (Å²) in [6, 6.07) is 24.6. The Kier molecular flexibility index (Phi) is 8.38. The number of amides is 1. The molecule has 0 spiro atoms. The summed E-state index contributed by atoms with van der Waals surface area (Å²) < 4.78 is 11.2. The van der Waals surface area contributed by atoms with Gasteiger partial charge in [0.15, 0.2) is 11.5 Å². The predicted molar refractivity (Wildman–Crippen MR) is 163 cm³/mol. The van der Waals surface area contributed by atoms with Crippen LogP contribution in [0.25, 0.3) is 22.0 Å². The summed E-state index contributed by atoms with van der Waals surface area (Å²) in [5.74, 6) is -0.354. The summed E-state index contributed by atoms with van der Waals surface area (Å²) in [4.78, 5) is 29.2. The number of ether oxygens (including phenoxy) is 2. The normalized spacial score (nSPS) is 11.1. The molecule has 5 rings (SSSR count). The molecule has 0 saturated carbocycles. The SMILES string of the molecule is CCOc1cc(C=NNC(=O)c2[nH]c3c(C)cccc3c2-c2ccccc2Cl)ccc1OC(=O)c1ccc(Cl)cc1. The van der Waals surface area contributed by atoms with Crippen molar-refractivity contribution in [3.63, 3.8) is 0 Å². The summed E-state index contributed by atoms with van der Waals surface area (Å²) >= 11 is 12.4. The lowest BCUT2D eigenvalue weighted by Gasteiger charge is -2.11. The van der Waals surface area contributed by atoms with Crippen LogP contribution in [-0.4, -0.2) is 29.7 Å². The van der Waals surface area contributed by atoms with Crippen LogP contribution in [0.2, 0.25) is 10.0 Å². The fraction of sp³-hybridized carbons (Fsp3) is 0.0938. The second-order valence-corrected chi connectivity index (χ2v) is 9.93. The zero-order valence-electron chi connectivity index (χ0n) is 22.2. The van der Waals surface area contributed by atoms with E-state index in [-0.39, 0.29) is 5.75 Å². The maximum Gasteiger partial charge on any atom is 0.343 e. The van der Waals surface area contributed by atoms with Crippen LogP contribution in [0.3, 0.4) is 0 Å². The average Bonchev–Trinajstić information content (AvgIpc) is 3.36. The molecule has 0 fully saturated rings. The number of halogens is 2. The maximum atomic E-state index is 13.3. The second kappa shape index (κ2) is 12.3.